The number of nitrogens with one attached hydrogen (secondary N) is 1. The molecular formula is C23H31NO7. The Bertz CT molecular complexity index is 863. The molecule has 3 atom stereocenters. The lowest BCUT2D eigenvalue weighted by molar-refractivity contribution is -0.136. The van der Waals surface area contributed by atoms with Gasteiger partial charge in [-0.05, 0) is 39.3 Å². The summed E-state index contributed by atoms with van der Waals surface area (Å²) in [6.07, 6.45) is 8.14. The second-order valence-corrected chi connectivity index (χ2v) is 7.39. The number of esters is 1. The van der Waals surface area contributed by atoms with Crippen LogP contribution < -0.4 is 5.32 Å². The topological polar surface area (TPSA) is 133 Å². The molecule has 0 unspecified atom stereocenters. The molecule has 1 heterocycles. The van der Waals surface area contributed by atoms with E-state index >= 15 is 0 Å². The lowest BCUT2D eigenvalue weighted by atomic mass is 9.90. The van der Waals surface area contributed by atoms with Gasteiger partial charge >= 0.3 is 5.97 Å². The van der Waals surface area contributed by atoms with Gasteiger partial charge in [-0.3, -0.25) is 9.59 Å². The van der Waals surface area contributed by atoms with Crippen molar-refractivity contribution in [1.29, 1.82) is 0 Å². The summed E-state index contributed by atoms with van der Waals surface area (Å²) in [5.41, 5.74) is 0.309. The van der Waals surface area contributed by atoms with Gasteiger partial charge in [0.1, 0.15) is 12.0 Å². The number of ketones is 1. The maximum atomic E-state index is 12.6. The van der Waals surface area contributed by atoms with E-state index in [4.69, 9.17) is 9.84 Å². The van der Waals surface area contributed by atoms with Crippen LogP contribution in [0.4, 0.5) is 0 Å². The molecule has 8 nitrogen and oxygen atoms in total. The predicted molar refractivity (Wildman–Crippen MR) is 115 cm³/mol. The number of carbonyl (C=O) groups is 3. The fourth-order valence-corrected chi connectivity index (χ4v) is 3.17. The van der Waals surface area contributed by atoms with Crippen LogP contribution in [0, 0.1) is 5.92 Å². The van der Waals surface area contributed by atoms with Crippen molar-refractivity contribution in [3.63, 3.8) is 0 Å². The first-order valence-corrected chi connectivity index (χ1v) is 9.84. The van der Waals surface area contributed by atoms with Gasteiger partial charge in [0.15, 0.2) is 11.5 Å². The van der Waals surface area contributed by atoms with E-state index in [2.05, 4.69) is 5.32 Å². The monoisotopic (exact) mass is 433 g/mol. The molecular weight excluding hydrogens is 402 g/mol. The summed E-state index contributed by atoms with van der Waals surface area (Å²) in [5, 5.41) is 31.6. The zero-order valence-electron chi connectivity index (χ0n) is 18.5. The second kappa shape index (κ2) is 11.5. The zero-order chi connectivity index (χ0) is 23.8. The molecule has 1 rings (SSSR count). The van der Waals surface area contributed by atoms with Crippen LogP contribution in [0.2, 0.25) is 0 Å². The van der Waals surface area contributed by atoms with E-state index in [1.54, 1.807) is 31.2 Å². The van der Waals surface area contributed by atoms with Gasteiger partial charge in [-0.2, -0.15) is 0 Å². The van der Waals surface area contributed by atoms with E-state index in [1.165, 1.54) is 20.1 Å². The van der Waals surface area contributed by atoms with Gasteiger partial charge in [0.2, 0.25) is 5.91 Å². The van der Waals surface area contributed by atoms with Gasteiger partial charge in [-0.1, -0.05) is 41.5 Å². The van der Waals surface area contributed by atoms with Crippen LogP contribution in [0.15, 0.2) is 58.7 Å². The largest absolute Gasteiger partial charge is 0.465 e. The van der Waals surface area contributed by atoms with E-state index in [9.17, 15) is 24.6 Å². The summed E-state index contributed by atoms with van der Waals surface area (Å²) in [6.45, 7) is 6.47. The minimum atomic E-state index is -2.03. The van der Waals surface area contributed by atoms with E-state index in [0.29, 0.717) is 5.57 Å². The van der Waals surface area contributed by atoms with Crippen molar-refractivity contribution in [1.82, 2.24) is 5.32 Å². The number of rotatable bonds is 9. The molecule has 0 radical (unpaired) electrons. The Morgan fingerprint density at radius 2 is 1.84 bits per heavy atom. The number of Topliss-reactive ketones (excluding diaryl/α,β-unsaturated/α-hetero) is 1. The van der Waals surface area contributed by atoms with Crippen LogP contribution in [0.25, 0.3) is 0 Å². The number of hydrogen-bond acceptors (Lipinski definition) is 7. The number of amides is 1. The molecule has 1 fully saturated rings. The molecule has 0 bridgehead atoms. The maximum Gasteiger partial charge on any atom is 0.337 e. The minimum Gasteiger partial charge on any atom is -0.465 e. The Hall–Kier alpha value is -2.81. The maximum absolute atomic E-state index is 12.6. The zero-order valence-corrected chi connectivity index (χ0v) is 18.5. The summed E-state index contributed by atoms with van der Waals surface area (Å²) in [5.74, 6) is -3.27. The van der Waals surface area contributed by atoms with Crippen molar-refractivity contribution >= 4 is 17.7 Å². The summed E-state index contributed by atoms with van der Waals surface area (Å²) >= 11 is 0. The summed E-state index contributed by atoms with van der Waals surface area (Å²) in [7, 11) is 1.32. The first kappa shape index (κ1) is 26.2. The molecule has 31 heavy (non-hydrogen) atoms. The van der Waals surface area contributed by atoms with Crippen molar-refractivity contribution < 1.29 is 34.4 Å². The molecule has 1 aliphatic rings. The smallest absolute Gasteiger partial charge is 0.337 e. The van der Waals surface area contributed by atoms with E-state index < -0.39 is 42.0 Å². The number of aliphatic hydroxyl groups excluding tert-OH is 2. The van der Waals surface area contributed by atoms with Crippen LogP contribution in [-0.2, 0) is 19.1 Å². The van der Waals surface area contributed by atoms with Crippen LogP contribution in [0.1, 0.15) is 34.1 Å². The quantitative estimate of drug-likeness (QED) is 0.186. The molecule has 0 aromatic heterocycles. The molecule has 0 spiro atoms. The number of aliphatic hydroxyl groups is 3. The third kappa shape index (κ3) is 6.85. The van der Waals surface area contributed by atoms with Crippen molar-refractivity contribution in [2.75, 3.05) is 13.7 Å². The Kier molecular flexibility index (Phi) is 9.77. The van der Waals surface area contributed by atoms with Gasteiger partial charge in [0, 0.05) is 13.0 Å². The standard InChI is InChI=1S/C23H31NO7/c1-6-17(22(29)31-5)13-15(3)12-14(2)8-7-9-16(4)19(26)18-20(27)23(30,10-11-25)24-21(18)28/h6-9,12-13,18,20,25,27,30H,10-11H2,1-5H3,(H,24,28)/b8-7+,14-12+,15-13+,16-9+,17-6+/t18-,20+,23-/m0/s1. The molecule has 170 valence electrons. The SMILES string of the molecule is C\C=C(/C=C(C)/C=C(C)/C=C/C=C(\C)C(=O)[C@@H]1C(=O)N[C@](O)(CCO)[C@@H]1O)C(=O)OC. The molecule has 1 aliphatic heterocycles. The molecule has 8 heteroatoms. The van der Waals surface area contributed by atoms with Gasteiger partial charge in [0.05, 0.1) is 12.7 Å². The van der Waals surface area contributed by atoms with Crippen molar-refractivity contribution in [2.24, 2.45) is 5.92 Å². The Morgan fingerprint density at radius 3 is 2.39 bits per heavy atom. The van der Waals surface area contributed by atoms with Crippen molar-refractivity contribution in [2.45, 2.75) is 45.9 Å². The lowest BCUT2D eigenvalue weighted by Crippen LogP contribution is -2.50. The molecule has 1 saturated heterocycles. The Balaban J connectivity index is 2.91. The Labute approximate surface area is 182 Å². The van der Waals surface area contributed by atoms with Gasteiger partial charge in [0.25, 0.3) is 0 Å². The molecule has 1 amide bonds. The molecule has 4 N–H and O–H groups in total. The van der Waals surface area contributed by atoms with Gasteiger partial charge < -0.3 is 25.4 Å². The molecule has 0 saturated carbocycles. The third-order valence-electron chi connectivity index (χ3n) is 4.87. The summed E-state index contributed by atoms with van der Waals surface area (Å²) < 4.78 is 4.71. The summed E-state index contributed by atoms with van der Waals surface area (Å²) in [4.78, 5) is 36.3. The molecule has 0 aromatic carbocycles. The predicted octanol–water partition coefficient (Wildman–Crippen LogP) is 1.25. The number of carbonyl (C=O) groups excluding carboxylic acids is 3. The fraction of sp³-hybridized carbons (Fsp3) is 0.435. The van der Waals surface area contributed by atoms with Crippen LogP contribution >= 0.6 is 0 Å². The molecule has 0 aliphatic carbocycles. The van der Waals surface area contributed by atoms with Crippen LogP contribution in [0.3, 0.4) is 0 Å². The van der Waals surface area contributed by atoms with Crippen molar-refractivity contribution in [3.05, 3.63) is 58.7 Å². The van der Waals surface area contributed by atoms with Crippen LogP contribution in [-0.4, -0.2) is 58.5 Å². The van der Waals surface area contributed by atoms with E-state index in [1.807, 2.05) is 19.9 Å². The number of methoxy groups -OCH3 is 1. The lowest BCUT2D eigenvalue weighted by Gasteiger charge is -2.26. The average molecular weight is 434 g/mol. The summed E-state index contributed by atoms with van der Waals surface area (Å²) in [6, 6.07) is 0. The first-order chi connectivity index (χ1) is 14.5. The fourth-order valence-electron chi connectivity index (χ4n) is 3.17. The highest BCUT2D eigenvalue weighted by molar-refractivity contribution is 6.11. The highest BCUT2D eigenvalue weighted by Gasteiger charge is 2.54. The van der Waals surface area contributed by atoms with Crippen LogP contribution in [0.5, 0.6) is 0 Å². The average Bonchev–Trinajstić information content (AvgIpc) is 2.93. The highest BCUT2D eigenvalue weighted by atomic mass is 16.5. The minimum absolute atomic E-state index is 0.227. The third-order valence-corrected chi connectivity index (χ3v) is 4.87. The number of ether oxygens (including phenoxy) is 1. The van der Waals surface area contributed by atoms with E-state index in [0.717, 1.165) is 11.1 Å². The van der Waals surface area contributed by atoms with E-state index in [-0.39, 0.29) is 12.0 Å². The second-order valence-electron chi connectivity index (χ2n) is 7.39. The van der Waals surface area contributed by atoms with Crippen molar-refractivity contribution in [3.8, 4) is 0 Å². The van der Waals surface area contributed by atoms with Gasteiger partial charge in [-0.25, -0.2) is 4.79 Å². The normalized spacial score (nSPS) is 25.7. The van der Waals surface area contributed by atoms with Gasteiger partial charge in [-0.15, -0.1) is 0 Å². The first-order valence-electron chi connectivity index (χ1n) is 9.84. The molecule has 0 aromatic rings. The Morgan fingerprint density at radius 1 is 1.19 bits per heavy atom. The number of hydrogen-bond donors (Lipinski definition) is 4. The number of allylic oxidation sites excluding steroid dienone is 8. The highest BCUT2D eigenvalue weighted by Crippen LogP contribution is 2.29.